The molecule has 0 radical (unpaired) electrons. The number of halogens is 1. The Morgan fingerprint density at radius 1 is 1.14 bits per heavy atom. The molecule has 0 bridgehead atoms. The number of carbonyl (C=O) groups is 1. The number of carboxylic acids is 1. The van der Waals surface area contributed by atoms with E-state index in [2.05, 4.69) is 9.47 Å². The Bertz CT molecular complexity index is 1700. The highest BCUT2D eigenvalue weighted by molar-refractivity contribution is 5.92. The first kappa shape index (κ1) is 26.6. The molecule has 10 heteroatoms. The van der Waals surface area contributed by atoms with Crippen LogP contribution in [0.25, 0.3) is 11.0 Å². The van der Waals surface area contributed by atoms with Gasteiger partial charge in [0.2, 0.25) is 5.88 Å². The number of likely N-dealkylation sites (tertiary alicyclic amines) is 1. The zero-order valence-corrected chi connectivity index (χ0v) is 22.9. The molecule has 1 saturated carbocycles. The molecule has 4 aromatic rings. The lowest BCUT2D eigenvalue weighted by atomic mass is 10.1. The Balaban J connectivity index is 1.02. The van der Waals surface area contributed by atoms with Crippen LogP contribution >= 0.6 is 0 Å². The monoisotopic (exact) mass is 567 g/mol. The smallest absolute Gasteiger partial charge is 0.335 e. The van der Waals surface area contributed by atoms with Crippen LogP contribution in [0.3, 0.4) is 0 Å². The van der Waals surface area contributed by atoms with Gasteiger partial charge in [0.25, 0.3) is 0 Å². The van der Waals surface area contributed by atoms with Crippen LogP contribution in [0.15, 0.2) is 54.6 Å². The summed E-state index contributed by atoms with van der Waals surface area (Å²) < 4.78 is 28.1. The molecule has 1 N–H and O–H groups in total. The van der Waals surface area contributed by atoms with E-state index in [1.165, 1.54) is 6.07 Å². The number of ether oxygens (including phenoxy) is 2. The molecule has 3 aliphatic rings. The predicted octanol–water partition coefficient (Wildman–Crippen LogP) is 4.74. The molecular formula is C32H30FN5O4. The number of nitriles is 1. The number of fused-ring (bicyclic) bond motifs is 2. The maximum atomic E-state index is 14.3. The number of rotatable bonds is 9. The van der Waals surface area contributed by atoms with Gasteiger partial charge >= 0.3 is 5.97 Å². The summed E-state index contributed by atoms with van der Waals surface area (Å²) in [4.78, 5) is 23.7. The van der Waals surface area contributed by atoms with E-state index in [-0.39, 0.29) is 23.8 Å². The fourth-order valence-corrected chi connectivity index (χ4v) is 6.59. The Morgan fingerprint density at radius 3 is 2.74 bits per heavy atom. The van der Waals surface area contributed by atoms with E-state index in [4.69, 9.17) is 24.7 Å². The Labute approximate surface area is 242 Å². The molecule has 214 valence electrons. The molecule has 7 rings (SSSR count). The molecule has 2 aliphatic heterocycles. The van der Waals surface area contributed by atoms with E-state index in [1.54, 1.807) is 36.4 Å². The van der Waals surface area contributed by atoms with E-state index >= 15 is 0 Å². The number of imidazole rings is 1. The number of aromatic nitrogens is 3. The number of hydrogen-bond donors (Lipinski definition) is 1. The molecule has 0 unspecified atom stereocenters. The van der Waals surface area contributed by atoms with Crippen molar-refractivity contribution in [1.82, 2.24) is 19.4 Å². The summed E-state index contributed by atoms with van der Waals surface area (Å²) in [5.41, 5.74) is 3.55. The number of nitrogens with zero attached hydrogens (tertiary/aromatic N) is 5. The lowest BCUT2D eigenvalue weighted by Crippen LogP contribution is -2.27. The van der Waals surface area contributed by atoms with Gasteiger partial charge in [-0.25, -0.2) is 19.2 Å². The first-order valence-electron chi connectivity index (χ1n) is 14.3. The standard InChI is InChI=1S/C32H30FN5O4/c33-25-11-19(13-34)6-7-21(25)18-42-30-5-1-4-27(36-30)31-23-15-37(16-24(23)31)17-29-35-26-9-8-20(32(39)40)12-28(26)38(29)14-22-3-2-10-41-22/h1,4-9,11-12,22-24,31H,2-3,10,14-18H2,(H,39,40)/t22-,23-,24+,31+/m0/s1. The van der Waals surface area contributed by atoms with Crippen LogP contribution in [-0.2, 0) is 24.4 Å². The van der Waals surface area contributed by atoms with Gasteiger partial charge in [0.15, 0.2) is 0 Å². The number of carboxylic acid groups (broad SMARTS) is 1. The summed E-state index contributed by atoms with van der Waals surface area (Å²) in [7, 11) is 0. The second-order valence-corrected chi connectivity index (χ2v) is 11.4. The van der Waals surface area contributed by atoms with Gasteiger partial charge in [-0.3, -0.25) is 4.90 Å². The van der Waals surface area contributed by atoms with Crippen LogP contribution in [0.4, 0.5) is 4.39 Å². The number of benzene rings is 2. The minimum Gasteiger partial charge on any atom is -0.478 e. The van der Waals surface area contributed by atoms with Gasteiger partial charge in [0, 0.05) is 42.9 Å². The van der Waals surface area contributed by atoms with E-state index in [0.717, 1.165) is 55.1 Å². The number of aromatic carboxylic acids is 1. The number of pyridine rings is 1. The van der Waals surface area contributed by atoms with Gasteiger partial charge in [-0.1, -0.05) is 12.1 Å². The fourth-order valence-electron chi connectivity index (χ4n) is 6.59. The van der Waals surface area contributed by atoms with Crippen molar-refractivity contribution in [3.8, 4) is 11.9 Å². The van der Waals surface area contributed by atoms with E-state index in [9.17, 15) is 14.3 Å². The largest absolute Gasteiger partial charge is 0.478 e. The Kier molecular flexibility index (Phi) is 6.84. The van der Waals surface area contributed by atoms with Gasteiger partial charge in [-0.05, 0) is 61.1 Å². The molecular weight excluding hydrogens is 537 g/mol. The Hall–Kier alpha value is -4.33. The molecule has 1 aliphatic carbocycles. The molecule has 2 aromatic carbocycles. The van der Waals surface area contributed by atoms with Crippen molar-refractivity contribution in [2.24, 2.45) is 11.8 Å². The van der Waals surface area contributed by atoms with Gasteiger partial charge in [0.1, 0.15) is 18.2 Å². The minimum absolute atomic E-state index is 0.0418. The molecule has 3 fully saturated rings. The highest BCUT2D eigenvalue weighted by Gasteiger charge is 2.57. The summed E-state index contributed by atoms with van der Waals surface area (Å²) in [6.45, 7) is 4.03. The maximum Gasteiger partial charge on any atom is 0.335 e. The van der Waals surface area contributed by atoms with Gasteiger partial charge in [-0.15, -0.1) is 0 Å². The highest BCUT2D eigenvalue weighted by atomic mass is 19.1. The van der Waals surface area contributed by atoms with E-state index in [0.29, 0.717) is 42.3 Å². The second-order valence-electron chi connectivity index (χ2n) is 11.4. The summed E-state index contributed by atoms with van der Waals surface area (Å²) in [6.07, 6.45) is 2.14. The highest BCUT2D eigenvalue weighted by Crippen LogP contribution is 2.58. The molecule has 2 saturated heterocycles. The summed E-state index contributed by atoms with van der Waals surface area (Å²) >= 11 is 0. The molecule has 0 amide bonds. The van der Waals surface area contributed by atoms with Gasteiger partial charge in [-0.2, -0.15) is 5.26 Å². The molecule has 9 nitrogen and oxygen atoms in total. The predicted molar refractivity (Wildman–Crippen MR) is 150 cm³/mol. The van der Waals surface area contributed by atoms with Crippen molar-refractivity contribution in [1.29, 1.82) is 5.26 Å². The Morgan fingerprint density at radius 2 is 2.00 bits per heavy atom. The summed E-state index contributed by atoms with van der Waals surface area (Å²) in [5, 5.41) is 18.5. The molecule has 2 aromatic heterocycles. The average Bonchev–Trinajstić information content (AvgIpc) is 3.38. The van der Waals surface area contributed by atoms with Gasteiger partial charge < -0.3 is 19.1 Å². The minimum atomic E-state index is -0.946. The van der Waals surface area contributed by atoms with Crippen LogP contribution in [0.2, 0.25) is 0 Å². The first-order chi connectivity index (χ1) is 20.5. The fraction of sp³-hybridized carbons (Fsp3) is 0.375. The third kappa shape index (κ3) is 5.10. The number of hydrogen-bond acceptors (Lipinski definition) is 7. The lowest BCUT2D eigenvalue weighted by Gasteiger charge is -2.21. The first-order valence-corrected chi connectivity index (χ1v) is 14.3. The van der Waals surface area contributed by atoms with Crippen molar-refractivity contribution < 1.29 is 23.8 Å². The molecule has 4 heterocycles. The van der Waals surface area contributed by atoms with Crippen molar-refractivity contribution in [2.75, 3.05) is 19.7 Å². The zero-order chi connectivity index (χ0) is 28.8. The van der Waals surface area contributed by atoms with Crippen molar-refractivity contribution in [2.45, 2.75) is 44.6 Å². The topological polar surface area (TPSA) is 114 Å². The van der Waals surface area contributed by atoms with Gasteiger partial charge in [0.05, 0.1) is 47.4 Å². The maximum absolute atomic E-state index is 14.3. The summed E-state index contributed by atoms with van der Waals surface area (Å²) in [6, 6.07) is 17.2. The van der Waals surface area contributed by atoms with Crippen LogP contribution in [0.5, 0.6) is 5.88 Å². The lowest BCUT2D eigenvalue weighted by molar-refractivity contribution is 0.0697. The third-order valence-electron chi connectivity index (χ3n) is 8.76. The third-order valence-corrected chi connectivity index (χ3v) is 8.76. The van der Waals surface area contributed by atoms with Crippen LogP contribution in [-0.4, -0.2) is 56.3 Å². The molecule has 4 atom stereocenters. The normalized spacial score (nSPS) is 23.1. The average molecular weight is 568 g/mol. The van der Waals surface area contributed by atoms with Crippen LogP contribution < -0.4 is 4.74 Å². The zero-order valence-electron chi connectivity index (χ0n) is 22.9. The molecule has 0 spiro atoms. The van der Waals surface area contributed by atoms with Crippen LogP contribution in [0, 0.1) is 29.0 Å². The van der Waals surface area contributed by atoms with Crippen molar-refractivity contribution in [3.63, 3.8) is 0 Å². The summed E-state index contributed by atoms with van der Waals surface area (Å²) in [5.74, 6) is 1.34. The van der Waals surface area contributed by atoms with Crippen molar-refractivity contribution in [3.05, 3.63) is 88.6 Å². The van der Waals surface area contributed by atoms with E-state index in [1.807, 2.05) is 18.2 Å². The van der Waals surface area contributed by atoms with E-state index < -0.39 is 11.8 Å². The van der Waals surface area contributed by atoms with Crippen LogP contribution in [0.1, 0.15) is 51.8 Å². The molecule has 42 heavy (non-hydrogen) atoms. The van der Waals surface area contributed by atoms with Crippen molar-refractivity contribution >= 4 is 17.0 Å². The quantitative estimate of drug-likeness (QED) is 0.309. The number of piperidine rings is 1. The second kappa shape index (κ2) is 10.8. The SMILES string of the molecule is N#Cc1ccc(COc2cccc([C@H]3[C@@H]4CN(Cc5nc6ccc(C(=O)O)cc6n5C[C@@H]5CCCO5)C[C@@H]43)n2)c(F)c1.